The molecule has 0 bridgehead atoms. The van der Waals surface area contributed by atoms with Crippen LogP contribution in [0.3, 0.4) is 0 Å². The lowest BCUT2D eigenvalue weighted by Crippen LogP contribution is -2.37. The lowest BCUT2D eigenvalue weighted by molar-refractivity contribution is -0.221. The fourth-order valence-corrected chi connectivity index (χ4v) is 1.83. The van der Waals surface area contributed by atoms with Gasteiger partial charge in [0.25, 0.3) is 0 Å². The number of hydrogen-bond acceptors (Lipinski definition) is 3. The van der Waals surface area contributed by atoms with Gasteiger partial charge in [-0.3, -0.25) is 0 Å². The first kappa shape index (κ1) is 11.6. The molecule has 1 aliphatic rings. The third-order valence-corrected chi connectivity index (χ3v) is 2.89. The van der Waals surface area contributed by atoms with E-state index >= 15 is 0 Å². The van der Waals surface area contributed by atoms with Gasteiger partial charge in [0, 0.05) is 6.42 Å². The SMILES string of the molecule is C[C@@H]1O[C@@H](OCc2ccccc2)CC[C@H]1O. The van der Waals surface area contributed by atoms with Crippen LogP contribution in [0.15, 0.2) is 30.3 Å². The van der Waals surface area contributed by atoms with Gasteiger partial charge in [0.2, 0.25) is 0 Å². The van der Waals surface area contributed by atoms with Crippen molar-refractivity contribution in [1.82, 2.24) is 0 Å². The van der Waals surface area contributed by atoms with Crippen LogP contribution >= 0.6 is 0 Å². The molecule has 0 unspecified atom stereocenters. The second-order valence-electron chi connectivity index (χ2n) is 4.21. The van der Waals surface area contributed by atoms with Crippen molar-refractivity contribution in [1.29, 1.82) is 0 Å². The van der Waals surface area contributed by atoms with Crippen molar-refractivity contribution in [3.8, 4) is 0 Å². The largest absolute Gasteiger partial charge is 0.390 e. The van der Waals surface area contributed by atoms with Gasteiger partial charge < -0.3 is 14.6 Å². The van der Waals surface area contributed by atoms with Gasteiger partial charge in [-0.2, -0.15) is 0 Å². The Bertz CT molecular complexity index is 312. The first-order valence-corrected chi connectivity index (χ1v) is 5.75. The van der Waals surface area contributed by atoms with Gasteiger partial charge in [0.05, 0.1) is 18.8 Å². The summed E-state index contributed by atoms with van der Waals surface area (Å²) in [7, 11) is 0. The minimum atomic E-state index is -0.350. The van der Waals surface area contributed by atoms with E-state index in [0.717, 1.165) is 18.4 Å². The average molecular weight is 222 g/mol. The summed E-state index contributed by atoms with van der Waals surface area (Å²) in [6.45, 7) is 2.44. The Kier molecular flexibility index (Phi) is 3.93. The number of rotatable bonds is 3. The minimum Gasteiger partial charge on any atom is -0.390 e. The summed E-state index contributed by atoms with van der Waals surface area (Å²) in [5, 5.41) is 9.50. The van der Waals surface area contributed by atoms with Crippen LogP contribution in [0, 0.1) is 0 Å². The van der Waals surface area contributed by atoms with Crippen molar-refractivity contribution in [3.05, 3.63) is 35.9 Å². The number of aliphatic hydroxyl groups is 1. The van der Waals surface area contributed by atoms with E-state index in [9.17, 15) is 5.11 Å². The summed E-state index contributed by atoms with van der Waals surface area (Å²) in [4.78, 5) is 0. The smallest absolute Gasteiger partial charge is 0.158 e. The van der Waals surface area contributed by atoms with Crippen LogP contribution in [0.25, 0.3) is 0 Å². The maximum atomic E-state index is 9.50. The van der Waals surface area contributed by atoms with E-state index in [2.05, 4.69) is 0 Å². The summed E-state index contributed by atoms with van der Waals surface area (Å²) in [5.74, 6) is 0. The second kappa shape index (κ2) is 5.43. The molecular formula is C13H18O3. The molecule has 0 aromatic heterocycles. The van der Waals surface area contributed by atoms with Crippen molar-refractivity contribution in [2.24, 2.45) is 0 Å². The maximum absolute atomic E-state index is 9.50. The third kappa shape index (κ3) is 3.04. The number of hydrogen-bond donors (Lipinski definition) is 1. The Balaban J connectivity index is 1.79. The van der Waals surface area contributed by atoms with Crippen LogP contribution in [-0.4, -0.2) is 23.6 Å². The first-order valence-electron chi connectivity index (χ1n) is 5.75. The summed E-state index contributed by atoms with van der Waals surface area (Å²) in [6, 6.07) is 10.0. The molecule has 1 N–H and O–H groups in total. The van der Waals surface area contributed by atoms with Gasteiger partial charge in [-0.15, -0.1) is 0 Å². The molecule has 1 aromatic rings. The van der Waals surface area contributed by atoms with Crippen molar-refractivity contribution in [2.75, 3.05) is 0 Å². The fraction of sp³-hybridized carbons (Fsp3) is 0.538. The van der Waals surface area contributed by atoms with Crippen molar-refractivity contribution < 1.29 is 14.6 Å². The van der Waals surface area contributed by atoms with Crippen LogP contribution in [0.2, 0.25) is 0 Å². The molecule has 0 amide bonds. The van der Waals surface area contributed by atoms with Crippen LogP contribution < -0.4 is 0 Å². The summed E-state index contributed by atoms with van der Waals surface area (Å²) < 4.78 is 11.2. The second-order valence-corrected chi connectivity index (χ2v) is 4.21. The Labute approximate surface area is 96.0 Å². The molecular weight excluding hydrogens is 204 g/mol. The minimum absolute atomic E-state index is 0.130. The van der Waals surface area contributed by atoms with Gasteiger partial charge in [-0.05, 0) is 18.9 Å². The van der Waals surface area contributed by atoms with E-state index in [1.54, 1.807) is 0 Å². The molecule has 2 rings (SSSR count). The molecule has 0 aliphatic carbocycles. The summed E-state index contributed by atoms with van der Waals surface area (Å²) >= 11 is 0. The predicted molar refractivity (Wildman–Crippen MR) is 60.8 cm³/mol. The highest BCUT2D eigenvalue weighted by Crippen LogP contribution is 2.21. The van der Waals surface area contributed by atoms with Crippen molar-refractivity contribution in [2.45, 2.75) is 44.9 Å². The van der Waals surface area contributed by atoms with Crippen LogP contribution in [0.5, 0.6) is 0 Å². The zero-order valence-corrected chi connectivity index (χ0v) is 9.50. The molecule has 0 spiro atoms. The van der Waals surface area contributed by atoms with Crippen LogP contribution in [-0.2, 0) is 16.1 Å². The predicted octanol–water partition coefficient (Wildman–Crippen LogP) is 2.09. The normalized spacial score (nSPS) is 30.2. The van der Waals surface area contributed by atoms with Crippen LogP contribution in [0.4, 0.5) is 0 Å². The van der Waals surface area contributed by atoms with Crippen molar-refractivity contribution >= 4 is 0 Å². The number of aliphatic hydroxyl groups excluding tert-OH is 1. The Morgan fingerprint density at radius 3 is 2.75 bits per heavy atom. The van der Waals surface area contributed by atoms with E-state index in [4.69, 9.17) is 9.47 Å². The van der Waals surface area contributed by atoms with Gasteiger partial charge in [0.15, 0.2) is 6.29 Å². The quantitative estimate of drug-likeness (QED) is 0.851. The molecule has 3 heteroatoms. The molecule has 0 saturated carbocycles. The molecule has 3 atom stereocenters. The topological polar surface area (TPSA) is 38.7 Å². The molecule has 1 fully saturated rings. The van der Waals surface area contributed by atoms with Gasteiger partial charge >= 0.3 is 0 Å². The average Bonchev–Trinajstić information content (AvgIpc) is 2.32. The van der Waals surface area contributed by atoms with Gasteiger partial charge in [-0.1, -0.05) is 30.3 Å². The first-order chi connectivity index (χ1) is 7.75. The molecule has 1 saturated heterocycles. The highest BCUT2D eigenvalue weighted by molar-refractivity contribution is 5.13. The van der Waals surface area contributed by atoms with E-state index in [-0.39, 0.29) is 18.5 Å². The van der Waals surface area contributed by atoms with Gasteiger partial charge in [0.1, 0.15) is 0 Å². The van der Waals surface area contributed by atoms with Gasteiger partial charge in [-0.25, -0.2) is 0 Å². The zero-order valence-electron chi connectivity index (χ0n) is 9.50. The monoisotopic (exact) mass is 222 g/mol. The molecule has 1 heterocycles. The van der Waals surface area contributed by atoms with E-state index in [1.165, 1.54) is 0 Å². The number of benzene rings is 1. The highest BCUT2D eigenvalue weighted by Gasteiger charge is 2.26. The molecule has 1 aliphatic heterocycles. The number of ether oxygens (including phenoxy) is 2. The van der Waals surface area contributed by atoms with Crippen molar-refractivity contribution in [3.63, 3.8) is 0 Å². The Hall–Kier alpha value is -0.900. The lowest BCUT2D eigenvalue weighted by Gasteiger charge is -2.31. The molecule has 88 valence electrons. The van der Waals surface area contributed by atoms with E-state index in [0.29, 0.717) is 6.61 Å². The molecule has 16 heavy (non-hydrogen) atoms. The molecule has 0 radical (unpaired) electrons. The van der Waals surface area contributed by atoms with E-state index in [1.807, 2.05) is 37.3 Å². The standard InChI is InChI=1S/C13H18O3/c1-10-12(14)7-8-13(16-10)15-9-11-5-3-2-4-6-11/h2-6,10,12-14H,7-9H2,1H3/t10-,12+,13+/m0/s1. The summed E-state index contributed by atoms with van der Waals surface area (Å²) in [5.41, 5.74) is 1.14. The Morgan fingerprint density at radius 1 is 1.31 bits per heavy atom. The molecule has 3 nitrogen and oxygen atoms in total. The van der Waals surface area contributed by atoms with Crippen LogP contribution in [0.1, 0.15) is 25.3 Å². The summed E-state index contributed by atoms with van der Waals surface area (Å²) in [6.07, 6.45) is 0.851. The fourth-order valence-electron chi connectivity index (χ4n) is 1.83. The third-order valence-electron chi connectivity index (χ3n) is 2.89. The zero-order chi connectivity index (χ0) is 11.4. The molecule has 1 aromatic carbocycles. The highest BCUT2D eigenvalue weighted by atomic mass is 16.7. The lowest BCUT2D eigenvalue weighted by atomic mass is 10.1. The maximum Gasteiger partial charge on any atom is 0.158 e. The van der Waals surface area contributed by atoms with E-state index < -0.39 is 0 Å². The Morgan fingerprint density at radius 2 is 2.06 bits per heavy atom.